The molecule has 0 N–H and O–H groups in total. The van der Waals surface area contributed by atoms with Crippen LogP contribution in [0.15, 0.2) is 170 Å². The van der Waals surface area contributed by atoms with E-state index in [9.17, 15) is 14.4 Å². The molecular weight excluding hydrogens is 961 g/mol. The van der Waals surface area contributed by atoms with E-state index < -0.39 is 6.10 Å². The number of allylic oxidation sites excluding steroid dienone is 28. The van der Waals surface area contributed by atoms with Crippen LogP contribution in [0.2, 0.25) is 0 Å². The summed E-state index contributed by atoms with van der Waals surface area (Å²) in [5.41, 5.74) is 0. The highest BCUT2D eigenvalue weighted by Gasteiger charge is 2.19. The van der Waals surface area contributed by atoms with Gasteiger partial charge in [-0.05, 0) is 154 Å². The Bertz CT molecular complexity index is 1810. The fraction of sp³-hybridized carbons (Fsp3) is 0.569. The van der Waals surface area contributed by atoms with Crippen LogP contribution >= 0.6 is 0 Å². The molecule has 0 bridgehead atoms. The molecule has 0 radical (unpaired) electrons. The number of hydrogen-bond acceptors (Lipinski definition) is 6. The molecule has 6 nitrogen and oxygen atoms in total. The Balaban J connectivity index is 4.53. The van der Waals surface area contributed by atoms with Crippen LogP contribution in [0.25, 0.3) is 0 Å². The normalized spacial score (nSPS) is 13.3. The Hall–Kier alpha value is -5.23. The van der Waals surface area contributed by atoms with Gasteiger partial charge in [0.1, 0.15) is 13.2 Å². The molecule has 0 aliphatic heterocycles. The van der Waals surface area contributed by atoms with Gasteiger partial charge in [-0.1, -0.05) is 242 Å². The number of ether oxygens (including phenoxy) is 3. The molecule has 0 saturated heterocycles. The van der Waals surface area contributed by atoms with Crippen LogP contribution in [0.1, 0.15) is 245 Å². The van der Waals surface area contributed by atoms with Gasteiger partial charge in [0, 0.05) is 19.3 Å². The van der Waals surface area contributed by atoms with Crippen LogP contribution in [0, 0.1) is 0 Å². The maximum atomic E-state index is 12.9. The third-order valence-electron chi connectivity index (χ3n) is 12.4. The molecular formula is C72H112O6. The van der Waals surface area contributed by atoms with Crippen molar-refractivity contribution in [2.45, 2.75) is 252 Å². The number of rotatable bonds is 54. The minimum atomic E-state index is -0.826. The predicted molar refractivity (Wildman–Crippen MR) is 338 cm³/mol. The van der Waals surface area contributed by atoms with Crippen molar-refractivity contribution < 1.29 is 28.6 Å². The SMILES string of the molecule is CC/C=C\C/C=C\C/C=C\C/C=C\C/C=C\C/C=C\C/C=C\C/C=C\CCCCC(=O)OCC(COC(=O)CCCCCCC/C=C\C/C=C\CCCCCC)OC(=O)CCCCCC/C=C\C/C=C\C/C=C\C/C=C\CC. The van der Waals surface area contributed by atoms with Crippen molar-refractivity contribution in [3.05, 3.63) is 170 Å². The van der Waals surface area contributed by atoms with Gasteiger partial charge in [-0.25, -0.2) is 0 Å². The first-order valence-electron chi connectivity index (χ1n) is 31.1. The number of carbonyl (C=O) groups excluding carboxylic acids is 3. The van der Waals surface area contributed by atoms with E-state index >= 15 is 0 Å². The molecule has 0 aliphatic carbocycles. The third kappa shape index (κ3) is 61.6. The summed E-state index contributed by atoms with van der Waals surface area (Å²) in [4.78, 5) is 38.3. The lowest BCUT2D eigenvalue weighted by Crippen LogP contribution is -2.30. The molecule has 0 aliphatic rings. The van der Waals surface area contributed by atoms with Crippen molar-refractivity contribution >= 4 is 17.9 Å². The summed E-state index contributed by atoms with van der Waals surface area (Å²) in [6.45, 7) is 6.31. The Labute approximate surface area is 479 Å². The molecule has 0 amide bonds. The number of esters is 3. The van der Waals surface area contributed by atoms with Crippen LogP contribution in [0.3, 0.4) is 0 Å². The van der Waals surface area contributed by atoms with Gasteiger partial charge < -0.3 is 14.2 Å². The standard InChI is InChI=1S/C72H112O6/c1-4-7-10-13-16-19-22-25-28-31-32-33-34-35-36-37-38-39-40-42-44-47-50-53-56-59-62-65-71(74)77-68-69(67-76-70(73)64-61-58-55-52-49-46-43-30-27-24-21-18-15-12-9-6-3)78-72(75)66-63-60-57-54-51-48-45-41-29-26-23-20-17-14-11-8-5-2/h7-8,10-11,16-17,19-21,24-26,28-30,32-33,35-36,38-39,42-45,48,50,53,69H,4-6,9,12-15,18,22-23,27,31,34,37,40-41,46-47,49,51-52,54-68H2,1-3H3/b10-7-,11-8-,19-16-,20-17-,24-21-,28-25-,29-26-,33-32-,36-35-,39-38-,43-30-,44-42-,48-45-,53-50-. The second-order valence-electron chi connectivity index (χ2n) is 19.8. The van der Waals surface area contributed by atoms with Crippen molar-refractivity contribution in [1.82, 2.24) is 0 Å². The number of carbonyl (C=O) groups is 3. The molecule has 0 heterocycles. The lowest BCUT2D eigenvalue weighted by molar-refractivity contribution is -0.167. The second-order valence-corrected chi connectivity index (χ2v) is 19.8. The smallest absolute Gasteiger partial charge is 0.306 e. The van der Waals surface area contributed by atoms with Crippen LogP contribution in [-0.4, -0.2) is 37.2 Å². The number of unbranched alkanes of at least 4 members (excludes halogenated alkanes) is 15. The van der Waals surface area contributed by atoms with Gasteiger partial charge in [0.25, 0.3) is 0 Å². The van der Waals surface area contributed by atoms with Gasteiger partial charge in [0.2, 0.25) is 0 Å². The van der Waals surface area contributed by atoms with E-state index in [0.29, 0.717) is 12.8 Å². The fourth-order valence-corrected chi connectivity index (χ4v) is 7.83. The largest absolute Gasteiger partial charge is 0.462 e. The van der Waals surface area contributed by atoms with Crippen molar-refractivity contribution in [3.63, 3.8) is 0 Å². The second kappa shape index (κ2) is 64.3. The highest BCUT2D eigenvalue weighted by molar-refractivity contribution is 5.71. The molecule has 0 saturated carbocycles. The molecule has 1 atom stereocenters. The lowest BCUT2D eigenvalue weighted by atomic mass is 10.1. The summed E-state index contributed by atoms with van der Waals surface area (Å²) >= 11 is 0. The molecule has 78 heavy (non-hydrogen) atoms. The fourth-order valence-electron chi connectivity index (χ4n) is 7.83. The first kappa shape index (κ1) is 72.8. The zero-order chi connectivity index (χ0) is 56.4. The summed E-state index contributed by atoms with van der Waals surface area (Å²) in [5, 5.41) is 0. The first-order chi connectivity index (χ1) is 38.5. The quantitative estimate of drug-likeness (QED) is 0.0261. The average molecular weight is 1070 g/mol. The lowest BCUT2D eigenvalue weighted by Gasteiger charge is -2.18. The molecule has 0 fully saturated rings. The predicted octanol–water partition coefficient (Wildman–Crippen LogP) is 21.5. The molecule has 0 spiro atoms. The van der Waals surface area contributed by atoms with Crippen LogP contribution in [-0.2, 0) is 28.6 Å². The van der Waals surface area contributed by atoms with Crippen LogP contribution in [0.4, 0.5) is 0 Å². The summed E-state index contributed by atoms with van der Waals surface area (Å²) in [5.74, 6) is -1.01. The zero-order valence-electron chi connectivity index (χ0n) is 49.9. The highest BCUT2D eigenvalue weighted by Crippen LogP contribution is 2.13. The molecule has 0 rings (SSSR count). The van der Waals surface area contributed by atoms with E-state index in [0.717, 1.165) is 167 Å². The minimum absolute atomic E-state index is 0.117. The molecule has 6 heteroatoms. The van der Waals surface area contributed by atoms with Crippen LogP contribution < -0.4 is 0 Å². The van der Waals surface area contributed by atoms with E-state index in [1.807, 2.05) is 0 Å². The van der Waals surface area contributed by atoms with Gasteiger partial charge >= 0.3 is 17.9 Å². The Kier molecular flexibility index (Phi) is 60.0. The molecule has 1 unspecified atom stereocenters. The first-order valence-corrected chi connectivity index (χ1v) is 31.1. The molecule has 436 valence electrons. The molecule has 0 aromatic rings. The van der Waals surface area contributed by atoms with Crippen LogP contribution in [0.5, 0.6) is 0 Å². The monoisotopic (exact) mass is 1070 g/mol. The summed E-state index contributed by atoms with van der Waals surface area (Å²) in [7, 11) is 0. The van der Waals surface area contributed by atoms with Gasteiger partial charge in [-0.15, -0.1) is 0 Å². The Morgan fingerprint density at radius 1 is 0.269 bits per heavy atom. The van der Waals surface area contributed by atoms with Crippen molar-refractivity contribution in [3.8, 4) is 0 Å². The maximum absolute atomic E-state index is 12.9. The summed E-state index contributed by atoms with van der Waals surface area (Å²) < 4.78 is 16.8. The van der Waals surface area contributed by atoms with Crippen molar-refractivity contribution in [2.24, 2.45) is 0 Å². The highest BCUT2D eigenvalue weighted by atomic mass is 16.6. The summed E-state index contributed by atoms with van der Waals surface area (Å²) in [6.07, 6.45) is 94.9. The molecule has 0 aromatic carbocycles. The van der Waals surface area contributed by atoms with E-state index in [1.165, 1.54) is 32.1 Å². The summed E-state index contributed by atoms with van der Waals surface area (Å²) in [6, 6.07) is 0. The van der Waals surface area contributed by atoms with Crippen molar-refractivity contribution in [2.75, 3.05) is 13.2 Å². The third-order valence-corrected chi connectivity index (χ3v) is 12.4. The zero-order valence-corrected chi connectivity index (χ0v) is 49.9. The van der Waals surface area contributed by atoms with E-state index in [-0.39, 0.29) is 44.0 Å². The van der Waals surface area contributed by atoms with E-state index in [4.69, 9.17) is 14.2 Å². The minimum Gasteiger partial charge on any atom is -0.462 e. The van der Waals surface area contributed by atoms with Gasteiger partial charge in [-0.3, -0.25) is 14.4 Å². The van der Waals surface area contributed by atoms with E-state index in [1.54, 1.807) is 0 Å². The number of hydrogen-bond donors (Lipinski definition) is 0. The Morgan fingerprint density at radius 2 is 0.500 bits per heavy atom. The van der Waals surface area contributed by atoms with Crippen molar-refractivity contribution in [1.29, 1.82) is 0 Å². The van der Waals surface area contributed by atoms with E-state index in [2.05, 4.69) is 191 Å². The topological polar surface area (TPSA) is 78.9 Å². The van der Waals surface area contributed by atoms with Gasteiger partial charge in [0.05, 0.1) is 0 Å². The molecule has 0 aromatic heterocycles. The Morgan fingerprint density at radius 3 is 0.808 bits per heavy atom. The van der Waals surface area contributed by atoms with Gasteiger partial charge in [0.15, 0.2) is 6.10 Å². The van der Waals surface area contributed by atoms with Gasteiger partial charge in [-0.2, -0.15) is 0 Å². The average Bonchev–Trinajstić information content (AvgIpc) is 3.44. The maximum Gasteiger partial charge on any atom is 0.306 e.